The molecule has 1 aromatic rings. The van der Waals surface area contributed by atoms with Crippen molar-refractivity contribution in [2.24, 2.45) is 5.92 Å². The first kappa shape index (κ1) is 18.1. The van der Waals surface area contributed by atoms with Crippen molar-refractivity contribution in [3.8, 4) is 0 Å². The molecule has 0 aromatic carbocycles. The summed E-state index contributed by atoms with van der Waals surface area (Å²) in [6, 6.07) is 1.87. The average Bonchev–Trinajstić information content (AvgIpc) is 2.67. The Kier molecular flexibility index (Phi) is 6.20. The van der Waals surface area contributed by atoms with Gasteiger partial charge in [0.05, 0.1) is 18.8 Å². The zero-order valence-corrected chi connectivity index (χ0v) is 15.2. The molecule has 1 amide bonds. The number of hydrogen-bond acceptors (Lipinski definition) is 6. The predicted molar refractivity (Wildman–Crippen MR) is 94.4 cm³/mol. The Labute approximate surface area is 149 Å². The normalized spacial score (nSPS) is 24.2. The van der Waals surface area contributed by atoms with Gasteiger partial charge in [-0.1, -0.05) is 0 Å². The molecule has 1 aromatic heterocycles. The van der Waals surface area contributed by atoms with Gasteiger partial charge in [-0.2, -0.15) is 0 Å². The highest BCUT2D eigenvalue weighted by molar-refractivity contribution is 5.76. The molecular formula is C18H28N4O3. The van der Waals surface area contributed by atoms with Gasteiger partial charge in [0, 0.05) is 46.5 Å². The summed E-state index contributed by atoms with van der Waals surface area (Å²) in [5, 5.41) is 0. The molecule has 0 spiro atoms. The number of carbonyl (C=O) groups excluding carboxylic acids is 1. The van der Waals surface area contributed by atoms with Crippen LogP contribution < -0.4 is 4.90 Å². The summed E-state index contributed by atoms with van der Waals surface area (Å²) in [5.74, 6) is 1.39. The molecule has 2 saturated heterocycles. The maximum Gasteiger partial charge on any atom is 0.225 e. The van der Waals surface area contributed by atoms with Crippen molar-refractivity contribution in [3.63, 3.8) is 0 Å². The molecule has 2 aliphatic rings. The SMILES string of the molecule is CN(C)c1nccc(C2CN(C(=O)CCC3CCCOC3)CCO2)n1. The maximum atomic E-state index is 12.6. The number of carbonyl (C=O) groups is 1. The standard InChI is InChI=1S/C18H28N4O3/c1-21(2)18-19-8-7-15(20-18)16-12-22(9-11-25-16)17(23)6-5-14-4-3-10-24-13-14/h7-8,14,16H,3-6,9-13H2,1-2H3. The van der Waals surface area contributed by atoms with Crippen molar-refractivity contribution in [2.75, 3.05) is 51.9 Å². The smallest absolute Gasteiger partial charge is 0.225 e. The van der Waals surface area contributed by atoms with E-state index in [-0.39, 0.29) is 12.0 Å². The lowest BCUT2D eigenvalue weighted by Crippen LogP contribution is -2.42. The number of nitrogens with zero attached hydrogens (tertiary/aromatic N) is 4. The van der Waals surface area contributed by atoms with E-state index in [1.165, 1.54) is 6.42 Å². The van der Waals surface area contributed by atoms with Gasteiger partial charge in [0.15, 0.2) is 0 Å². The molecule has 2 aliphatic heterocycles. The molecule has 0 N–H and O–H groups in total. The van der Waals surface area contributed by atoms with Crippen LogP contribution in [0.15, 0.2) is 12.3 Å². The second-order valence-corrected chi connectivity index (χ2v) is 7.00. The summed E-state index contributed by atoms with van der Waals surface area (Å²) >= 11 is 0. The fourth-order valence-electron chi connectivity index (χ4n) is 3.33. The van der Waals surface area contributed by atoms with E-state index in [9.17, 15) is 4.79 Å². The third-order valence-corrected chi connectivity index (χ3v) is 4.83. The number of morpholine rings is 1. The monoisotopic (exact) mass is 348 g/mol. The molecule has 138 valence electrons. The van der Waals surface area contributed by atoms with Crippen LogP contribution in [0.2, 0.25) is 0 Å². The number of hydrogen-bond donors (Lipinski definition) is 0. The Morgan fingerprint density at radius 2 is 2.28 bits per heavy atom. The summed E-state index contributed by atoms with van der Waals surface area (Å²) in [4.78, 5) is 25.1. The highest BCUT2D eigenvalue weighted by Crippen LogP contribution is 2.24. The molecule has 7 heteroatoms. The molecule has 0 saturated carbocycles. The lowest BCUT2D eigenvalue weighted by atomic mass is 9.96. The first-order valence-electron chi connectivity index (χ1n) is 9.11. The Morgan fingerprint density at radius 3 is 3.04 bits per heavy atom. The largest absolute Gasteiger partial charge is 0.381 e. The van der Waals surface area contributed by atoms with Gasteiger partial charge in [0.2, 0.25) is 11.9 Å². The van der Waals surface area contributed by atoms with Crippen molar-refractivity contribution in [1.29, 1.82) is 0 Å². The number of aromatic nitrogens is 2. The molecular weight excluding hydrogens is 320 g/mol. The zero-order valence-electron chi connectivity index (χ0n) is 15.2. The average molecular weight is 348 g/mol. The van der Waals surface area contributed by atoms with Crippen molar-refractivity contribution in [3.05, 3.63) is 18.0 Å². The first-order chi connectivity index (χ1) is 12.1. The lowest BCUT2D eigenvalue weighted by Gasteiger charge is -2.33. The lowest BCUT2D eigenvalue weighted by molar-refractivity contribution is -0.139. The van der Waals surface area contributed by atoms with Crippen LogP contribution >= 0.6 is 0 Å². The van der Waals surface area contributed by atoms with Crippen molar-refractivity contribution in [1.82, 2.24) is 14.9 Å². The highest BCUT2D eigenvalue weighted by atomic mass is 16.5. The molecule has 2 atom stereocenters. The number of ether oxygens (including phenoxy) is 2. The van der Waals surface area contributed by atoms with Crippen LogP contribution in [-0.2, 0) is 14.3 Å². The fourth-order valence-corrected chi connectivity index (χ4v) is 3.33. The third kappa shape index (κ3) is 4.89. The van der Waals surface area contributed by atoms with Crippen LogP contribution in [0.3, 0.4) is 0 Å². The van der Waals surface area contributed by atoms with Gasteiger partial charge in [0.25, 0.3) is 0 Å². The van der Waals surface area contributed by atoms with Crippen LogP contribution in [0.1, 0.15) is 37.5 Å². The van der Waals surface area contributed by atoms with Crippen molar-refractivity contribution >= 4 is 11.9 Å². The predicted octanol–water partition coefficient (Wildman–Crippen LogP) is 1.65. The van der Waals surface area contributed by atoms with Gasteiger partial charge in [0.1, 0.15) is 6.10 Å². The summed E-state index contributed by atoms with van der Waals surface area (Å²) in [6.07, 6.45) is 5.35. The van der Waals surface area contributed by atoms with Gasteiger partial charge in [-0.25, -0.2) is 9.97 Å². The first-order valence-corrected chi connectivity index (χ1v) is 9.11. The second-order valence-electron chi connectivity index (χ2n) is 7.00. The fraction of sp³-hybridized carbons (Fsp3) is 0.722. The van der Waals surface area contributed by atoms with E-state index in [0.29, 0.717) is 38.0 Å². The molecule has 0 radical (unpaired) electrons. The Hall–Kier alpha value is -1.73. The molecule has 25 heavy (non-hydrogen) atoms. The second kappa shape index (κ2) is 8.58. The van der Waals surface area contributed by atoms with E-state index in [1.54, 1.807) is 6.20 Å². The van der Waals surface area contributed by atoms with Gasteiger partial charge < -0.3 is 19.3 Å². The van der Waals surface area contributed by atoms with Gasteiger partial charge in [-0.05, 0) is 31.2 Å². The van der Waals surface area contributed by atoms with Gasteiger partial charge in [-0.15, -0.1) is 0 Å². The highest BCUT2D eigenvalue weighted by Gasteiger charge is 2.27. The molecule has 0 aliphatic carbocycles. The van der Waals surface area contributed by atoms with E-state index in [2.05, 4.69) is 9.97 Å². The molecule has 7 nitrogen and oxygen atoms in total. The Balaban J connectivity index is 1.55. The van der Waals surface area contributed by atoms with Crippen LogP contribution in [0.4, 0.5) is 5.95 Å². The minimum Gasteiger partial charge on any atom is -0.381 e. The maximum absolute atomic E-state index is 12.6. The summed E-state index contributed by atoms with van der Waals surface area (Å²) < 4.78 is 11.4. The number of rotatable bonds is 5. The quantitative estimate of drug-likeness (QED) is 0.806. The minimum atomic E-state index is -0.183. The molecule has 3 rings (SSSR count). The van der Waals surface area contributed by atoms with E-state index >= 15 is 0 Å². The third-order valence-electron chi connectivity index (χ3n) is 4.83. The topological polar surface area (TPSA) is 67.8 Å². The van der Waals surface area contributed by atoms with E-state index in [1.807, 2.05) is 30.0 Å². The molecule has 2 fully saturated rings. The van der Waals surface area contributed by atoms with E-state index in [4.69, 9.17) is 9.47 Å². The molecule has 2 unspecified atom stereocenters. The summed E-state index contributed by atoms with van der Waals surface area (Å²) in [6.45, 7) is 3.42. The molecule has 3 heterocycles. The van der Waals surface area contributed by atoms with Crippen molar-refractivity contribution < 1.29 is 14.3 Å². The van der Waals surface area contributed by atoms with Gasteiger partial charge >= 0.3 is 0 Å². The van der Waals surface area contributed by atoms with E-state index in [0.717, 1.165) is 31.7 Å². The van der Waals surface area contributed by atoms with Crippen LogP contribution in [-0.4, -0.2) is 67.8 Å². The number of anilines is 1. The summed E-state index contributed by atoms with van der Waals surface area (Å²) in [7, 11) is 3.82. The molecule has 0 bridgehead atoms. The summed E-state index contributed by atoms with van der Waals surface area (Å²) in [5.41, 5.74) is 0.830. The number of amides is 1. The van der Waals surface area contributed by atoms with Gasteiger partial charge in [-0.3, -0.25) is 4.79 Å². The Bertz CT molecular complexity index is 575. The van der Waals surface area contributed by atoms with Crippen LogP contribution in [0.25, 0.3) is 0 Å². The van der Waals surface area contributed by atoms with Crippen LogP contribution in [0, 0.1) is 5.92 Å². The van der Waals surface area contributed by atoms with Crippen LogP contribution in [0.5, 0.6) is 0 Å². The zero-order chi connectivity index (χ0) is 17.6. The van der Waals surface area contributed by atoms with E-state index < -0.39 is 0 Å². The Morgan fingerprint density at radius 1 is 1.40 bits per heavy atom. The van der Waals surface area contributed by atoms with Crippen molar-refractivity contribution in [2.45, 2.75) is 31.8 Å². The minimum absolute atomic E-state index is 0.183.